The number of H-pyrrole nitrogens is 1. The fourth-order valence-corrected chi connectivity index (χ4v) is 2.43. The van der Waals surface area contributed by atoms with E-state index in [2.05, 4.69) is 19.9 Å². The molecule has 2 aromatic heterocycles. The van der Waals surface area contributed by atoms with E-state index in [-0.39, 0.29) is 0 Å². The van der Waals surface area contributed by atoms with Crippen LogP contribution < -0.4 is 4.90 Å². The van der Waals surface area contributed by atoms with Crippen LogP contribution in [0.5, 0.6) is 0 Å². The molecule has 1 atom stereocenters. The molecule has 0 aromatic carbocycles. The monoisotopic (exact) mass is 232 g/mol. The second-order valence-corrected chi connectivity index (χ2v) is 4.38. The van der Waals surface area contributed by atoms with E-state index < -0.39 is 0 Å². The fraction of sp³-hybridized carbons (Fsp3) is 0.500. The van der Waals surface area contributed by atoms with Crippen LogP contribution in [0.2, 0.25) is 0 Å². The summed E-state index contributed by atoms with van der Waals surface area (Å²) < 4.78 is 5.44. The lowest BCUT2D eigenvalue weighted by atomic mass is 10.1. The number of fused-ring (bicyclic) bond motifs is 1. The van der Waals surface area contributed by atoms with Gasteiger partial charge in [-0.2, -0.15) is 0 Å². The van der Waals surface area contributed by atoms with Gasteiger partial charge in [-0.25, -0.2) is 9.97 Å². The smallest absolute Gasteiger partial charge is 0.142 e. The number of anilines is 1. The van der Waals surface area contributed by atoms with E-state index in [1.54, 1.807) is 13.4 Å². The van der Waals surface area contributed by atoms with E-state index in [4.69, 9.17) is 4.74 Å². The summed E-state index contributed by atoms with van der Waals surface area (Å²) >= 11 is 0. The summed E-state index contributed by atoms with van der Waals surface area (Å²) in [6.45, 7) is 1.95. The Balaban J connectivity index is 1.94. The average molecular weight is 232 g/mol. The second-order valence-electron chi connectivity index (χ2n) is 4.38. The van der Waals surface area contributed by atoms with Crippen molar-refractivity contribution in [3.63, 3.8) is 0 Å². The molecule has 0 aliphatic carbocycles. The van der Waals surface area contributed by atoms with Gasteiger partial charge in [-0.3, -0.25) is 0 Å². The molecular formula is C12H16N4O. The maximum absolute atomic E-state index is 5.44. The number of aromatic nitrogens is 3. The third-order valence-electron chi connectivity index (χ3n) is 3.34. The van der Waals surface area contributed by atoms with Gasteiger partial charge in [0.25, 0.3) is 0 Å². The Morgan fingerprint density at radius 2 is 2.41 bits per heavy atom. The SMILES string of the molecule is COC1CCCN(c2ncnc3[nH]ccc23)C1. The first kappa shape index (κ1) is 10.5. The van der Waals surface area contributed by atoms with Gasteiger partial charge in [-0.1, -0.05) is 0 Å². The van der Waals surface area contributed by atoms with Gasteiger partial charge in [0.05, 0.1) is 11.5 Å². The number of nitrogens with one attached hydrogen (secondary N) is 1. The number of methoxy groups -OCH3 is 1. The molecule has 1 saturated heterocycles. The molecule has 0 saturated carbocycles. The van der Waals surface area contributed by atoms with E-state index in [1.807, 2.05) is 12.3 Å². The van der Waals surface area contributed by atoms with Crippen molar-refractivity contribution in [2.75, 3.05) is 25.1 Å². The van der Waals surface area contributed by atoms with Gasteiger partial charge in [-0.05, 0) is 18.9 Å². The molecule has 2 aromatic rings. The lowest BCUT2D eigenvalue weighted by Gasteiger charge is -2.32. The molecule has 1 fully saturated rings. The van der Waals surface area contributed by atoms with Gasteiger partial charge in [0, 0.05) is 26.4 Å². The Bertz CT molecular complexity index is 510. The minimum absolute atomic E-state index is 0.313. The molecule has 0 amide bonds. The summed E-state index contributed by atoms with van der Waals surface area (Å²) in [5, 5.41) is 1.09. The van der Waals surface area contributed by atoms with Crippen LogP contribution in [0.15, 0.2) is 18.6 Å². The highest BCUT2D eigenvalue weighted by Crippen LogP contribution is 2.25. The molecule has 5 nitrogen and oxygen atoms in total. The first-order valence-corrected chi connectivity index (χ1v) is 5.94. The number of rotatable bonds is 2. The number of aromatic amines is 1. The number of nitrogens with zero attached hydrogens (tertiary/aromatic N) is 3. The second kappa shape index (κ2) is 4.33. The zero-order valence-electron chi connectivity index (χ0n) is 9.89. The highest BCUT2D eigenvalue weighted by Gasteiger charge is 2.22. The zero-order valence-corrected chi connectivity index (χ0v) is 9.89. The highest BCUT2D eigenvalue weighted by atomic mass is 16.5. The van der Waals surface area contributed by atoms with Crippen LogP contribution >= 0.6 is 0 Å². The number of ether oxygens (including phenoxy) is 1. The maximum atomic E-state index is 5.44. The van der Waals surface area contributed by atoms with Crippen LogP contribution in [0.4, 0.5) is 5.82 Å². The molecule has 3 heterocycles. The Kier molecular flexibility index (Phi) is 2.68. The summed E-state index contributed by atoms with van der Waals surface area (Å²) in [4.78, 5) is 14.0. The number of hydrogen-bond donors (Lipinski definition) is 1. The van der Waals surface area contributed by atoms with Gasteiger partial charge < -0.3 is 14.6 Å². The van der Waals surface area contributed by atoms with E-state index in [1.165, 1.54) is 0 Å². The summed E-state index contributed by atoms with van der Waals surface area (Å²) in [7, 11) is 1.78. The Labute approximate surface area is 99.8 Å². The van der Waals surface area contributed by atoms with Gasteiger partial charge >= 0.3 is 0 Å². The predicted octanol–water partition coefficient (Wildman–Crippen LogP) is 1.57. The molecule has 5 heteroatoms. The number of hydrogen-bond acceptors (Lipinski definition) is 4. The van der Waals surface area contributed by atoms with Crippen molar-refractivity contribution in [3.8, 4) is 0 Å². The molecule has 1 N–H and O–H groups in total. The molecule has 0 spiro atoms. The van der Waals surface area contributed by atoms with Crippen LogP contribution in [0.1, 0.15) is 12.8 Å². The van der Waals surface area contributed by atoms with Crippen molar-refractivity contribution in [1.29, 1.82) is 0 Å². The van der Waals surface area contributed by atoms with Crippen molar-refractivity contribution >= 4 is 16.9 Å². The molecular weight excluding hydrogens is 216 g/mol. The summed E-state index contributed by atoms with van der Waals surface area (Å²) in [5.41, 5.74) is 0.898. The van der Waals surface area contributed by atoms with E-state index >= 15 is 0 Å². The fourth-order valence-electron chi connectivity index (χ4n) is 2.43. The van der Waals surface area contributed by atoms with Crippen LogP contribution in [-0.4, -0.2) is 41.3 Å². The Hall–Kier alpha value is -1.62. The molecule has 90 valence electrons. The molecule has 1 unspecified atom stereocenters. The molecule has 0 bridgehead atoms. The third kappa shape index (κ3) is 1.86. The van der Waals surface area contributed by atoms with E-state index in [0.29, 0.717) is 6.10 Å². The van der Waals surface area contributed by atoms with Crippen molar-refractivity contribution in [2.24, 2.45) is 0 Å². The van der Waals surface area contributed by atoms with Crippen molar-refractivity contribution < 1.29 is 4.74 Å². The topological polar surface area (TPSA) is 54.0 Å². The Morgan fingerprint density at radius 1 is 1.47 bits per heavy atom. The lowest BCUT2D eigenvalue weighted by Crippen LogP contribution is -2.39. The van der Waals surface area contributed by atoms with E-state index in [9.17, 15) is 0 Å². The normalized spacial score (nSPS) is 21.0. The van der Waals surface area contributed by atoms with E-state index in [0.717, 1.165) is 42.8 Å². The van der Waals surface area contributed by atoms with Gasteiger partial charge in [-0.15, -0.1) is 0 Å². The third-order valence-corrected chi connectivity index (χ3v) is 3.34. The minimum atomic E-state index is 0.313. The Morgan fingerprint density at radius 3 is 3.29 bits per heavy atom. The molecule has 17 heavy (non-hydrogen) atoms. The first-order chi connectivity index (χ1) is 8.38. The quantitative estimate of drug-likeness (QED) is 0.854. The predicted molar refractivity (Wildman–Crippen MR) is 66.1 cm³/mol. The average Bonchev–Trinajstić information content (AvgIpc) is 2.87. The van der Waals surface area contributed by atoms with Crippen LogP contribution in [-0.2, 0) is 4.74 Å². The summed E-state index contributed by atoms with van der Waals surface area (Å²) in [6, 6.07) is 2.03. The van der Waals surface area contributed by atoms with Crippen molar-refractivity contribution in [2.45, 2.75) is 18.9 Å². The van der Waals surface area contributed by atoms with Crippen molar-refractivity contribution in [1.82, 2.24) is 15.0 Å². The number of piperidine rings is 1. The molecule has 0 radical (unpaired) electrons. The zero-order chi connectivity index (χ0) is 11.7. The van der Waals surface area contributed by atoms with Gasteiger partial charge in [0.1, 0.15) is 17.8 Å². The largest absolute Gasteiger partial charge is 0.380 e. The van der Waals surface area contributed by atoms with Crippen molar-refractivity contribution in [3.05, 3.63) is 18.6 Å². The maximum Gasteiger partial charge on any atom is 0.142 e. The molecule has 1 aliphatic rings. The molecule has 3 rings (SSSR count). The standard InChI is InChI=1S/C12H16N4O/c1-17-9-3-2-6-16(7-9)12-10-4-5-13-11(10)14-8-15-12/h4-5,8-9H,2-3,6-7H2,1H3,(H,13,14,15). The first-order valence-electron chi connectivity index (χ1n) is 5.94. The summed E-state index contributed by atoms with van der Waals surface area (Å²) in [6.07, 6.45) is 6.11. The van der Waals surface area contributed by atoms with Crippen LogP contribution in [0.3, 0.4) is 0 Å². The minimum Gasteiger partial charge on any atom is -0.380 e. The van der Waals surface area contributed by atoms with Crippen LogP contribution in [0, 0.1) is 0 Å². The lowest BCUT2D eigenvalue weighted by molar-refractivity contribution is 0.0892. The highest BCUT2D eigenvalue weighted by molar-refractivity contribution is 5.87. The summed E-state index contributed by atoms with van der Waals surface area (Å²) in [5.74, 6) is 1.01. The van der Waals surface area contributed by atoms with Crippen LogP contribution in [0.25, 0.3) is 11.0 Å². The van der Waals surface area contributed by atoms with Gasteiger partial charge in [0.15, 0.2) is 0 Å². The molecule has 1 aliphatic heterocycles. The van der Waals surface area contributed by atoms with Gasteiger partial charge in [0.2, 0.25) is 0 Å².